The van der Waals surface area contributed by atoms with Gasteiger partial charge in [0.15, 0.2) is 0 Å². The monoisotopic (exact) mass is 377 g/mol. The number of hydrogen-bond donors (Lipinski definition) is 0. The number of aromatic nitrogens is 2. The first-order chi connectivity index (χ1) is 11.9. The summed E-state index contributed by atoms with van der Waals surface area (Å²) in [6.45, 7) is 4.17. The van der Waals surface area contributed by atoms with E-state index < -0.39 is 10.0 Å². The first-order valence-corrected chi connectivity index (χ1v) is 9.97. The molecule has 2 aromatic heterocycles. The Morgan fingerprint density at radius 3 is 2.56 bits per heavy atom. The second kappa shape index (κ2) is 6.62. The minimum atomic E-state index is -3.71. The van der Waals surface area contributed by atoms with E-state index in [4.69, 9.17) is 0 Å². The van der Waals surface area contributed by atoms with Crippen LogP contribution in [0.4, 0.5) is 0 Å². The molecule has 0 radical (unpaired) electrons. The lowest BCUT2D eigenvalue weighted by atomic mass is 10.3. The summed E-state index contributed by atoms with van der Waals surface area (Å²) in [6.07, 6.45) is 1.57. The normalized spacial score (nSPS) is 12.1. The number of nitrogens with zero attached hydrogens (tertiary/aromatic N) is 3. The smallest absolute Gasteiger partial charge is 0.295 e. The standard InChI is InChI=1S/C17H19N3O3S2/c1-4-9-20(12-13-6-5-10-24-13)25(22,23)14-7-8-15-16(11-14)19(3)17(21)18(15)2/h4-8,10-11H,1,9,12H2,2-3H3. The van der Waals surface area contributed by atoms with Crippen LogP contribution >= 0.6 is 11.3 Å². The van der Waals surface area contributed by atoms with E-state index in [1.165, 1.54) is 24.8 Å². The van der Waals surface area contributed by atoms with Gasteiger partial charge in [-0.3, -0.25) is 9.13 Å². The number of rotatable bonds is 6. The van der Waals surface area contributed by atoms with Crippen LogP contribution in [-0.2, 0) is 30.7 Å². The number of aryl methyl sites for hydroxylation is 2. The Hall–Kier alpha value is -2.16. The minimum absolute atomic E-state index is 0.166. The molecule has 0 unspecified atom stereocenters. The average molecular weight is 377 g/mol. The van der Waals surface area contributed by atoms with Crippen molar-refractivity contribution in [1.29, 1.82) is 0 Å². The molecule has 0 aliphatic heterocycles. The Bertz CT molecular complexity index is 1080. The highest BCUT2D eigenvalue weighted by molar-refractivity contribution is 7.89. The van der Waals surface area contributed by atoms with Crippen LogP contribution in [0.3, 0.4) is 0 Å². The fourth-order valence-electron chi connectivity index (χ4n) is 2.76. The molecule has 3 rings (SSSR count). The van der Waals surface area contributed by atoms with Crippen LogP contribution in [0.1, 0.15) is 4.88 Å². The zero-order valence-electron chi connectivity index (χ0n) is 14.0. The van der Waals surface area contributed by atoms with Gasteiger partial charge < -0.3 is 0 Å². The van der Waals surface area contributed by atoms with Gasteiger partial charge in [-0.15, -0.1) is 17.9 Å². The third-order valence-corrected chi connectivity index (χ3v) is 6.80. The molecule has 25 heavy (non-hydrogen) atoms. The first kappa shape index (κ1) is 17.7. The summed E-state index contributed by atoms with van der Waals surface area (Å²) in [4.78, 5) is 13.2. The van der Waals surface area contributed by atoms with E-state index in [2.05, 4.69) is 6.58 Å². The third-order valence-electron chi connectivity index (χ3n) is 4.13. The maximum atomic E-state index is 13.1. The second-order valence-electron chi connectivity index (χ2n) is 5.72. The fraction of sp³-hybridized carbons (Fsp3) is 0.235. The lowest BCUT2D eigenvalue weighted by Gasteiger charge is -2.20. The van der Waals surface area contributed by atoms with Gasteiger partial charge >= 0.3 is 5.69 Å². The number of benzene rings is 1. The Labute approximate surface area is 150 Å². The number of imidazole rings is 1. The summed E-state index contributed by atoms with van der Waals surface area (Å²) >= 11 is 1.51. The van der Waals surface area contributed by atoms with Crippen molar-refractivity contribution in [2.24, 2.45) is 14.1 Å². The first-order valence-electron chi connectivity index (χ1n) is 7.65. The largest absolute Gasteiger partial charge is 0.328 e. The van der Waals surface area contributed by atoms with Gasteiger partial charge in [-0.1, -0.05) is 12.1 Å². The molecule has 8 heteroatoms. The summed E-state index contributed by atoms with van der Waals surface area (Å²) in [5, 5.41) is 1.92. The van der Waals surface area contributed by atoms with Crippen LogP contribution in [0.2, 0.25) is 0 Å². The Kier molecular flexibility index (Phi) is 4.68. The highest BCUT2D eigenvalue weighted by atomic mass is 32.2. The number of thiophene rings is 1. The van der Waals surface area contributed by atoms with Crippen LogP contribution in [0.5, 0.6) is 0 Å². The quantitative estimate of drug-likeness (QED) is 0.619. The second-order valence-corrected chi connectivity index (χ2v) is 8.69. The zero-order valence-corrected chi connectivity index (χ0v) is 15.7. The molecule has 6 nitrogen and oxygen atoms in total. The van der Waals surface area contributed by atoms with Crippen molar-refractivity contribution in [2.75, 3.05) is 6.54 Å². The fourth-order valence-corrected chi connectivity index (χ4v) is 4.97. The molecule has 0 fully saturated rings. The third kappa shape index (κ3) is 3.08. The van der Waals surface area contributed by atoms with Crippen LogP contribution in [-0.4, -0.2) is 28.4 Å². The van der Waals surface area contributed by atoms with E-state index in [1.54, 1.807) is 38.4 Å². The lowest BCUT2D eigenvalue weighted by molar-refractivity contribution is 0.441. The molecule has 1 aromatic carbocycles. The molecule has 0 spiro atoms. The van der Waals surface area contributed by atoms with E-state index >= 15 is 0 Å². The molecule has 3 aromatic rings. The molecular weight excluding hydrogens is 358 g/mol. The number of fused-ring (bicyclic) bond motifs is 1. The summed E-state index contributed by atoms with van der Waals surface area (Å²) in [6, 6.07) is 8.56. The van der Waals surface area contributed by atoms with Gasteiger partial charge in [-0.25, -0.2) is 13.2 Å². The Morgan fingerprint density at radius 2 is 1.92 bits per heavy atom. The molecule has 2 heterocycles. The maximum Gasteiger partial charge on any atom is 0.328 e. The topological polar surface area (TPSA) is 64.3 Å². The van der Waals surface area contributed by atoms with E-state index in [0.29, 0.717) is 11.0 Å². The predicted octanol–water partition coefficient (Wildman–Crippen LogP) is 2.32. The molecule has 0 atom stereocenters. The van der Waals surface area contributed by atoms with Gasteiger partial charge in [0.25, 0.3) is 0 Å². The van der Waals surface area contributed by atoms with Crippen molar-refractivity contribution in [3.05, 3.63) is 63.7 Å². The highest BCUT2D eigenvalue weighted by Gasteiger charge is 2.25. The van der Waals surface area contributed by atoms with Gasteiger partial charge in [0, 0.05) is 32.1 Å². The predicted molar refractivity (Wildman–Crippen MR) is 100 cm³/mol. The van der Waals surface area contributed by atoms with Gasteiger partial charge in [0.2, 0.25) is 10.0 Å². The van der Waals surface area contributed by atoms with E-state index in [0.717, 1.165) is 4.88 Å². The molecule has 132 valence electrons. The summed E-state index contributed by atoms with van der Waals surface area (Å²) in [5.74, 6) is 0. The van der Waals surface area contributed by atoms with Crippen LogP contribution in [0, 0.1) is 0 Å². The summed E-state index contributed by atoms with van der Waals surface area (Å²) in [7, 11) is -0.408. The molecule has 0 saturated carbocycles. The van der Waals surface area contributed by atoms with Crippen molar-refractivity contribution < 1.29 is 8.42 Å². The zero-order chi connectivity index (χ0) is 18.2. The van der Waals surface area contributed by atoms with E-state index in [1.807, 2.05) is 17.5 Å². The molecular formula is C17H19N3O3S2. The molecule has 0 bridgehead atoms. The van der Waals surface area contributed by atoms with E-state index in [9.17, 15) is 13.2 Å². The van der Waals surface area contributed by atoms with Crippen molar-refractivity contribution in [2.45, 2.75) is 11.4 Å². The summed E-state index contributed by atoms with van der Waals surface area (Å²) < 4.78 is 30.5. The van der Waals surface area contributed by atoms with Crippen molar-refractivity contribution in [3.63, 3.8) is 0 Å². The molecule has 0 aliphatic carbocycles. The van der Waals surface area contributed by atoms with Gasteiger partial charge in [0.05, 0.1) is 15.9 Å². The van der Waals surface area contributed by atoms with Crippen LogP contribution in [0.15, 0.2) is 58.1 Å². The SMILES string of the molecule is C=CCN(Cc1cccs1)S(=O)(=O)c1ccc2c(c1)n(C)c(=O)n2C. The van der Waals surface area contributed by atoms with Crippen LogP contribution < -0.4 is 5.69 Å². The van der Waals surface area contributed by atoms with Gasteiger partial charge in [0.1, 0.15) is 0 Å². The van der Waals surface area contributed by atoms with Crippen molar-refractivity contribution >= 4 is 32.4 Å². The lowest BCUT2D eigenvalue weighted by Crippen LogP contribution is -2.30. The Morgan fingerprint density at radius 1 is 1.20 bits per heavy atom. The van der Waals surface area contributed by atoms with Crippen molar-refractivity contribution in [3.8, 4) is 0 Å². The molecule has 0 saturated heterocycles. The summed E-state index contributed by atoms with van der Waals surface area (Å²) in [5.41, 5.74) is 1.09. The van der Waals surface area contributed by atoms with E-state index in [-0.39, 0.29) is 23.7 Å². The highest BCUT2D eigenvalue weighted by Crippen LogP contribution is 2.23. The van der Waals surface area contributed by atoms with Crippen molar-refractivity contribution in [1.82, 2.24) is 13.4 Å². The molecule has 0 amide bonds. The molecule has 0 N–H and O–H groups in total. The Balaban J connectivity index is 2.08. The molecule has 0 aliphatic rings. The minimum Gasteiger partial charge on any atom is -0.295 e. The maximum absolute atomic E-state index is 13.1. The number of sulfonamides is 1. The van der Waals surface area contributed by atoms with Crippen LogP contribution in [0.25, 0.3) is 11.0 Å². The van der Waals surface area contributed by atoms with Gasteiger partial charge in [-0.2, -0.15) is 4.31 Å². The van der Waals surface area contributed by atoms with Gasteiger partial charge in [-0.05, 0) is 29.6 Å². The number of hydrogen-bond acceptors (Lipinski definition) is 4. The average Bonchev–Trinajstić information content (AvgIpc) is 3.18.